The third-order valence-corrected chi connectivity index (χ3v) is 4.70. The highest BCUT2D eigenvalue weighted by Gasteiger charge is 2.23. The van der Waals surface area contributed by atoms with Crippen LogP contribution in [0.3, 0.4) is 0 Å². The topological polar surface area (TPSA) is 102 Å². The molecule has 142 valence electrons. The molecule has 5 heteroatoms. The van der Waals surface area contributed by atoms with Gasteiger partial charge in [0.2, 0.25) is 0 Å². The van der Waals surface area contributed by atoms with Crippen molar-refractivity contribution in [1.82, 2.24) is 16.4 Å². The molecule has 26 heavy (non-hydrogen) atoms. The third kappa shape index (κ3) is 5.33. The first kappa shape index (κ1) is 20.0. The van der Waals surface area contributed by atoms with Gasteiger partial charge in [0.1, 0.15) is 0 Å². The zero-order valence-electron chi connectivity index (χ0n) is 15.4. The molecule has 1 aliphatic heterocycles. The monoisotopic (exact) mass is 355 g/mol. The standard InChI is InChI=1S/C21H28N4.H3N.H2/c22-13-11-20(21(23)18-9-5-2-6-10-18)24-19-12-14-25(16-19)15-17-7-3-1-4-8-17;;/h1-10,19,24H,11-16,22-23H2;1H3;1H/b21-20-;;/t19-;;/m0../s1. The van der Waals surface area contributed by atoms with Crippen LogP contribution in [0.1, 0.15) is 25.4 Å². The maximum atomic E-state index is 6.41. The highest BCUT2D eigenvalue weighted by atomic mass is 15.2. The molecule has 1 atom stereocenters. The summed E-state index contributed by atoms with van der Waals surface area (Å²) in [6, 6.07) is 21.2. The van der Waals surface area contributed by atoms with Gasteiger partial charge in [-0.25, -0.2) is 0 Å². The molecule has 0 saturated carbocycles. The molecular weight excluding hydrogens is 322 g/mol. The summed E-state index contributed by atoms with van der Waals surface area (Å²) < 4.78 is 0. The van der Waals surface area contributed by atoms with Gasteiger partial charge in [0.25, 0.3) is 0 Å². The van der Waals surface area contributed by atoms with Gasteiger partial charge in [-0.1, -0.05) is 60.7 Å². The van der Waals surface area contributed by atoms with E-state index in [9.17, 15) is 0 Å². The Morgan fingerprint density at radius 1 is 1.08 bits per heavy atom. The maximum absolute atomic E-state index is 6.41. The molecule has 1 saturated heterocycles. The summed E-state index contributed by atoms with van der Waals surface area (Å²) in [6.45, 7) is 3.73. The van der Waals surface area contributed by atoms with Crippen molar-refractivity contribution in [1.29, 1.82) is 0 Å². The van der Waals surface area contributed by atoms with Gasteiger partial charge in [-0.15, -0.1) is 0 Å². The van der Waals surface area contributed by atoms with E-state index in [0.717, 1.165) is 49.4 Å². The van der Waals surface area contributed by atoms with E-state index in [1.807, 2.05) is 30.3 Å². The molecule has 0 aliphatic carbocycles. The molecule has 0 bridgehead atoms. The maximum Gasteiger partial charge on any atom is 0.0581 e. The highest BCUT2D eigenvalue weighted by molar-refractivity contribution is 5.65. The summed E-state index contributed by atoms with van der Waals surface area (Å²) in [6.07, 6.45) is 1.90. The largest absolute Gasteiger partial charge is 0.397 e. The summed E-state index contributed by atoms with van der Waals surface area (Å²) in [5.41, 5.74) is 16.5. The number of hydrogen-bond acceptors (Lipinski definition) is 5. The number of hydrogen-bond donors (Lipinski definition) is 4. The van der Waals surface area contributed by atoms with Crippen LogP contribution >= 0.6 is 0 Å². The van der Waals surface area contributed by atoms with E-state index in [4.69, 9.17) is 11.5 Å². The van der Waals surface area contributed by atoms with Crippen molar-refractivity contribution in [3.8, 4) is 0 Å². The van der Waals surface area contributed by atoms with Crippen LogP contribution < -0.4 is 22.9 Å². The summed E-state index contributed by atoms with van der Waals surface area (Å²) >= 11 is 0. The van der Waals surface area contributed by atoms with E-state index in [-0.39, 0.29) is 7.58 Å². The predicted octanol–water partition coefficient (Wildman–Crippen LogP) is 2.93. The molecule has 0 aromatic heterocycles. The molecule has 0 unspecified atom stereocenters. The van der Waals surface area contributed by atoms with Crippen molar-refractivity contribution < 1.29 is 1.43 Å². The molecule has 0 radical (unpaired) electrons. The summed E-state index contributed by atoms with van der Waals surface area (Å²) in [5, 5.41) is 3.66. The van der Waals surface area contributed by atoms with Gasteiger partial charge >= 0.3 is 0 Å². The molecule has 3 rings (SSSR count). The molecule has 2 aromatic rings. The molecule has 0 amide bonds. The van der Waals surface area contributed by atoms with Crippen LogP contribution in [0.4, 0.5) is 0 Å². The predicted molar refractivity (Wildman–Crippen MR) is 112 cm³/mol. The van der Waals surface area contributed by atoms with Crippen molar-refractivity contribution in [3.63, 3.8) is 0 Å². The van der Waals surface area contributed by atoms with E-state index in [1.165, 1.54) is 5.56 Å². The van der Waals surface area contributed by atoms with Gasteiger partial charge in [-0.3, -0.25) is 4.90 Å². The van der Waals surface area contributed by atoms with Crippen molar-refractivity contribution in [2.75, 3.05) is 19.6 Å². The Bertz CT molecular complexity index is 690. The van der Waals surface area contributed by atoms with Crippen LogP contribution in [0, 0.1) is 0 Å². The number of nitrogens with two attached hydrogens (primary N) is 2. The minimum atomic E-state index is 0. The van der Waals surface area contributed by atoms with Crippen LogP contribution in [-0.4, -0.2) is 30.6 Å². The second kappa shape index (κ2) is 9.97. The van der Waals surface area contributed by atoms with Crippen LogP contribution in [0.5, 0.6) is 0 Å². The molecule has 1 fully saturated rings. The van der Waals surface area contributed by atoms with Crippen LogP contribution in [0.25, 0.3) is 5.70 Å². The summed E-state index contributed by atoms with van der Waals surface area (Å²) in [7, 11) is 0. The zero-order valence-corrected chi connectivity index (χ0v) is 15.4. The van der Waals surface area contributed by atoms with E-state index in [0.29, 0.717) is 12.6 Å². The molecule has 0 spiro atoms. The Balaban J connectivity index is 0.00000182. The van der Waals surface area contributed by atoms with Gasteiger partial charge in [-0.2, -0.15) is 0 Å². The Morgan fingerprint density at radius 2 is 1.73 bits per heavy atom. The van der Waals surface area contributed by atoms with Gasteiger partial charge in [0.05, 0.1) is 5.70 Å². The number of benzene rings is 2. The number of likely N-dealkylation sites (tertiary alicyclic amines) is 1. The lowest BCUT2D eigenvalue weighted by Crippen LogP contribution is -2.33. The minimum absolute atomic E-state index is 0. The van der Waals surface area contributed by atoms with Crippen molar-refractivity contribution in [2.45, 2.75) is 25.4 Å². The first-order valence-corrected chi connectivity index (χ1v) is 9.03. The number of nitrogens with zero attached hydrogens (tertiary/aromatic N) is 1. The molecule has 5 nitrogen and oxygen atoms in total. The van der Waals surface area contributed by atoms with Crippen LogP contribution in [0.15, 0.2) is 66.4 Å². The lowest BCUT2D eigenvalue weighted by Gasteiger charge is -2.21. The van der Waals surface area contributed by atoms with Crippen LogP contribution in [-0.2, 0) is 6.54 Å². The van der Waals surface area contributed by atoms with Gasteiger partial charge in [0, 0.05) is 39.2 Å². The second-order valence-corrected chi connectivity index (χ2v) is 6.65. The van der Waals surface area contributed by atoms with Crippen molar-refractivity contribution in [3.05, 3.63) is 77.5 Å². The fraction of sp³-hybridized carbons (Fsp3) is 0.333. The molecular formula is C21H33N5. The summed E-state index contributed by atoms with van der Waals surface area (Å²) in [5.74, 6) is 0. The second-order valence-electron chi connectivity index (χ2n) is 6.65. The van der Waals surface area contributed by atoms with E-state index < -0.39 is 0 Å². The average molecular weight is 356 g/mol. The lowest BCUT2D eigenvalue weighted by molar-refractivity contribution is 0.322. The molecule has 2 aromatic carbocycles. The average Bonchev–Trinajstić information content (AvgIpc) is 3.09. The van der Waals surface area contributed by atoms with Gasteiger partial charge < -0.3 is 22.9 Å². The Labute approximate surface area is 158 Å². The van der Waals surface area contributed by atoms with Crippen molar-refractivity contribution in [2.24, 2.45) is 11.5 Å². The third-order valence-electron chi connectivity index (χ3n) is 4.70. The van der Waals surface area contributed by atoms with E-state index in [2.05, 4.69) is 40.5 Å². The quantitative estimate of drug-likeness (QED) is 0.611. The van der Waals surface area contributed by atoms with E-state index >= 15 is 0 Å². The lowest BCUT2D eigenvalue weighted by atomic mass is 10.1. The molecule has 1 aliphatic rings. The molecule has 8 N–H and O–H groups in total. The van der Waals surface area contributed by atoms with Crippen molar-refractivity contribution >= 4 is 5.70 Å². The van der Waals surface area contributed by atoms with Crippen LogP contribution in [0.2, 0.25) is 0 Å². The SMILES string of the molecule is N.NCC/C(N[C@H]1CCN(Cc2ccccc2)C1)=C(/N)c1ccccc1.[HH]. The highest BCUT2D eigenvalue weighted by Crippen LogP contribution is 2.18. The Kier molecular flexibility index (Phi) is 7.66. The summed E-state index contributed by atoms with van der Waals surface area (Å²) in [4.78, 5) is 2.49. The Morgan fingerprint density at radius 3 is 2.38 bits per heavy atom. The first-order valence-electron chi connectivity index (χ1n) is 9.03. The fourth-order valence-electron chi connectivity index (χ4n) is 3.40. The first-order chi connectivity index (χ1) is 12.3. The number of rotatable bonds is 7. The zero-order chi connectivity index (χ0) is 17.5. The van der Waals surface area contributed by atoms with Gasteiger partial charge in [0.15, 0.2) is 0 Å². The normalized spacial score (nSPS) is 18.1. The van der Waals surface area contributed by atoms with Gasteiger partial charge in [-0.05, 0) is 24.1 Å². The van der Waals surface area contributed by atoms with E-state index in [1.54, 1.807) is 0 Å². The Hall–Kier alpha value is -2.34. The molecule has 1 heterocycles. The smallest absolute Gasteiger partial charge is 0.0581 e. The number of nitrogens with one attached hydrogen (secondary N) is 1. The minimum Gasteiger partial charge on any atom is -0.397 e. The fourth-order valence-corrected chi connectivity index (χ4v) is 3.40.